The quantitative estimate of drug-likeness (QED) is 0.593. The minimum absolute atomic E-state index is 1.02. The van der Waals surface area contributed by atoms with E-state index in [1.165, 1.54) is 23.5 Å². The zero-order chi connectivity index (χ0) is 13.5. The van der Waals surface area contributed by atoms with Gasteiger partial charge in [-0.15, -0.1) is 8.58 Å². The van der Waals surface area contributed by atoms with E-state index >= 15 is 0 Å². The molecule has 0 saturated carbocycles. The van der Waals surface area contributed by atoms with E-state index < -0.39 is 0 Å². The highest BCUT2D eigenvalue weighted by molar-refractivity contribution is 7.37. The van der Waals surface area contributed by atoms with Gasteiger partial charge in [-0.3, -0.25) is 9.97 Å². The van der Waals surface area contributed by atoms with Gasteiger partial charge in [-0.25, -0.2) is 0 Å². The second-order valence-corrected chi connectivity index (χ2v) is 6.37. The van der Waals surface area contributed by atoms with Gasteiger partial charge in [-0.05, 0) is 62.3 Å². The maximum atomic E-state index is 4.33. The van der Waals surface area contributed by atoms with Crippen molar-refractivity contribution in [1.29, 1.82) is 0 Å². The second kappa shape index (κ2) is 7.35. The number of aryl methyl sites for hydroxylation is 4. The molecule has 0 atom stereocenters. The Morgan fingerprint density at radius 3 is 1.63 bits per heavy atom. The molecule has 2 rings (SSSR count). The van der Waals surface area contributed by atoms with Crippen molar-refractivity contribution in [3.63, 3.8) is 0 Å². The summed E-state index contributed by atoms with van der Waals surface area (Å²) < 4.78 is 0. The predicted octanol–water partition coefficient (Wildman–Crippen LogP) is 3.56. The molecule has 0 radical (unpaired) electrons. The van der Waals surface area contributed by atoms with Crippen molar-refractivity contribution in [2.75, 3.05) is 12.3 Å². The molecule has 0 aliphatic rings. The smallest absolute Gasteiger partial charge is 0.0372 e. The molecule has 0 amide bonds. The first-order valence-corrected chi connectivity index (χ1v) is 8.19. The van der Waals surface area contributed by atoms with Gasteiger partial charge in [-0.2, -0.15) is 0 Å². The number of rotatable bonds is 6. The summed E-state index contributed by atoms with van der Waals surface area (Å²) in [6.07, 6.45) is 8.84. The Hall–Kier alpha value is -1.27. The molecule has 2 aromatic heterocycles. The zero-order valence-corrected chi connectivity index (χ0v) is 12.7. The lowest BCUT2D eigenvalue weighted by Crippen LogP contribution is -1.93. The molecule has 2 nitrogen and oxygen atoms in total. The fourth-order valence-electron chi connectivity index (χ4n) is 1.88. The number of hydrogen-bond donors (Lipinski definition) is 0. The summed E-state index contributed by atoms with van der Waals surface area (Å²) in [4.78, 5) is 8.66. The van der Waals surface area contributed by atoms with Crippen molar-refractivity contribution < 1.29 is 0 Å². The van der Waals surface area contributed by atoms with Gasteiger partial charge in [-0.1, -0.05) is 12.1 Å². The third-order valence-electron chi connectivity index (χ3n) is 3.13. The first-order chi connectivity index (χ1) is 9.24. The summed E-state index contributed by atoms with van der Waals surface area (Å²) >= 11 is 0. The Bertz CT molecular complexity index is 444. The van der Waals surface area contributed by atoms with Crippen LogP contribution >= 0.6 is 8.58 Å². The largest absolute Gasteiger partial charge is 0.261 e. The highest BCUT2D eigenvalue weighted by Gasteiger charge is 1.96. The molecule has 0 fully saturated rings. The van der Waals surface area contributed by atoms with E-state index in [0.717, 1.165) is 32.8 Å². The highest BCUT2D eigenvalue weighted by Crippen LogP contribution is 2.15. The molecule has 100 valence electrons. The van der Waals surface area contributed by atoms with Crippen LogP contribution in [0.1, 0.15) is 22.5 Å². The van der Waals surface area contributed by atoms with E-state index in [1.54, 1.807) is 0 Å². The van der Waals surface area contributed by atoms with Gasteiger partial charge in [0.25, 0.3) is 0 Å². The second-order valence-electron chi connectivity index (χ2n) is 4.87. The summed E-state index contributed by atoms with van der Waals surface area (Å²) in [5.41, 5.74) is 4.90. The maximum Gasteiger partial charge on any atom is 0.0372 e. The van der Waals surface area contributed by atoms with Crippen LogP contribution in [0.15, 0.2) is 36.7 Å². The first-order valence-electron chi connectivity index (χ1n) is 6.78. The molecule has 0 aliphatic carbocycles. The zero-order valence-electron chi connectivity index (χ0n) is 11.7. The average Bonchev–Trinajstić information content (AvgIpc) is 2.43. The number of aromatic nitrogens is 2. The van der Waals surface area contributed by atoms with E-state index in [0.29, 0.717) is 0 Å². The summed E-state index contributed by atoms with van der Waals surface area (Å²) in [6, 6.07) is 8.57. The van der Waals surface area contributed by atoms with Crippen molar-refractivity contribution in [3.05, 3.63) is 59.2 Å². The third kappa shape index (κ3) is 5.08. The van der Waals surface area contributed by atoms with Gasteiger partial charge < -0.3 is 0 Å². The molecular weight excluding hydrogens is 251 g/mol. The fraction of sp³-hybridized carbons (Fsp3) is 0.375. The summed E-state index contributed by atoms with van der Waals surface area (Å²) in [7, 11) is 1.02. The molecular formula is C16H21N2P. The third-order valence-corrected chi connectivity index (χ3v) is 4.33. The van der Waals surface area contributed by atoms with Crippen LogP contribution in [0.5, 0.6) is 0 Å². The van der Waals surface area contributed by atoms with Crippen LogP contribution in [0.4, 0.5) is 0 Å². The molecule has 0 N–H and O–H groups in total. The van der Waals surface area contributed by atoms with Crippen LogP contribution in [0.25, 0.3) is 0 Å². The fourth-order valence-corrected chi connectivity index (χ4v) is 3.06. The van der Waals surface area contributed by atoms with Crippen LogP contribution in [-0.4, -0.2) is 22.3 Å². The van der Waals surface area contributed by atoms with E-state index in [9.17, 15) is 0 Å². The minimum atomic E-state index is 1.02. The molecule has 0 spiro atoms. The van der Waals surface area contributed by atoms with Crippen molar-refractivity contribution >= 4 is 8.58 Å². The predicted molar refractivity (Wildman–Crippen MR) is 83.4 cm³/mol. The van der Waals surface area contributed by atoms with Crippen molar-refractivity contribution in [2.45, 2.75) is 26.7 Å². The Kier molecular flexibility index (Phi) is 5.47. The summed E-state index contributed by atoms with van der Waals surface area (Å²) in [5, 5.41) is 0. The lowest BCUT2D eigenvalue weighted by atomic mass is 10.2. The molecule has 3 heteroatoms. The maximum absolute atomic E-state index is 4.33. The van der Waals surface area contributed by atoms with Crippen LogP contribution in [0, 0.1) is 13.8 Å². The molecule has 2 heterocycles. The molecule has 0 unspecified atom stereocenters. The minimum Gasteiger partial charge on any atom is -0.261 e. The molecule has 0 aliphatic heterocycles. The monoisotopic (exact) mass is 272 g/mol. The molecule has 0 saturated heterocycles. The summed E-state index contributed by atoms with van der Waals surface area (Å²) in [5.74, 6) is 0. The Labute approximate surface area is 117 Å². The van der Waals surface area contributed by atoms with E-state index in [1.807, 2.05) is 26.2 Å². The van der Waals surface area contributed by atoms with Gasteiger partial charge in [0.2, 0.25) is 0 Å². The average molecular weight is 272 g/mol. The van der Waals surface area contributed by atoms with Crippen LogP contribution in [0.3, 0.4) is 0 Å². The summed E-state index contributed by atoms with van der Waals surface area (Å²) in [6.45, 7) is 4.06. The van der Waals surface area contributed by atoms with Crippen molar-refractivity contribution in [3.8, 4) is 0 Å². The first kappa shape index (κ1) is 14.1. The van der Waals surface area contributed by atoms with Gasteiger partial charge in [0, 0.05) is 23.8 Å². The van der Waals surface area contributed by atoms with Crippen molar-refractivity contribution in [1.82, 2.24) is 9.97 Å². The van der Waals surface area contributed by atoms with Gasteiger partial charge in [0.05, 0.1) is 0 Å². The molecule has 19 heavy (non-hydrogen) atoms. The lowest BCUT2D eigenvalue weighted by molar-refractivity contribution is 1.06. The van der Waals surface area contributed by atoms with E-state index in [2.05, 4.69) is 34.2 Å². The van der Waals surface area contributed by atoms with Crippen molar-refractivity contribution in [2.24, 2.45) is 0 Å². The van der Waals surface area contributed by atoms with Crippen LogP contribution < -0.4 is 0 Å². The number of hydrogen-bond acceptors (Lipinski definition) is 2. The normalized spacial score (nSPS) is 10.6. The lowest BCUT2D eigenvalue weighted by Gasteiger charge is -2.03. The van der Waals surface area contributed by atoms with Gasteiger partial charge in [0.1, 0.15) is 0 Å². The number of nitrogens with zero attached hydrogens (tertiary/aromatic N) is 2. The van der Waals surface area contributed by atoms with E-state index in [-0.39, 0.29) is 0 Å². The Morgan fingerprint density at radius 2 is 1.26 bits per heavy atom. The van der Waals surface area contributed by atoms with Crippen LogP contribution in [-0.2, 0) is 12.8 Å². The molecule has 0 aromatic carbocycles. The highest BCUT2D eigenvalue weighted by atomic mass is 31.1. The SMILES string of the molecule is Cc1ccc(CCPCCc2ccc(C)nc2)cn1. The topological polar surface area (TPSA) is 25.8 Å². The van der Waals surface area contributed by atoms with Crippen LogP contribution in [0.2, 0.25) is 0 Å². The Balaban J connectivity index is 1.64. The molecule has 0 bridgehead atoms. The number of pyridine rings is 2. The Morgan fingerprint density at radius 1 is 0.789 bits per heavy atom. The molecule has 2 aromatic rings. The van der Waals surface area contributed by atoms with Gasteiger partial charge >= 0.3 is 0 Å². The van der Waals surface area contributed by atoms with Gasteiger partial charge in [0.15, 0.2) is 0 Å². The van der Waals surface area contributed by atoms with E-state index in [4.69, 9.17) is 0 Å². The standard InChI is InChI=1S/C16H21N2P/c1-13-3-5-15(11-17-13)7-9-19-10-8-16-6-4-14(2)18-12-16/h3-6,11-12,19H,7-10H2,1-2H3.